The lowest BCUT2D eigenvalue weighted by molar-refractivity contribution is 0.207. The van der Waals surface area contributed by atoms with Gasteiger partial charge in [0.05, 0.1) is 13.1 Å². The number of rotatable bonds is 6. The Hall–Kier alpha value is -2.21. The van der Waals surface area contributed by atoms with Gasteiger partial charge in [0.25, 0.3) is 0 Å². The lowest BCUT2D eigenvalue weighted by Gasteiger charge is -2.18. The topological polar surface area (TPSA) is 124 Å². The number of aliphatic imine (C=N–C) groups is 1. The average Bonchev–Trinajstić information content (AvgIpc) is 3.12. The maximum atomic E-state index is 12.1. The molecule has 2 rings (SSSR count). The van der Waals surface area contributed by atoms with E-state index in [1.54, 1.807) is 12.1 Å². The van der Waals surface area contributed by atoms with Gasteiger partial charge in [-0.2, -0.15) is 8.42 Å². The summed E-state index contributed by atoms with van der Waals surface area (Å²) in [5.41, 5.74) is 3.57. The minimum Gasteiger partial charge on any atom is -0.307 e. The van der Waals surface area contributed by atoms with E-state index in [-0.39, 0.29) is 12.5 Å². The third-order valence-corrected chi connectivity index (χ3v) is 4.26. The summed E-state index contributed by atoms with van der Waals surface area (Å²) in [4.78, 5) is 19.5. The Morgan fingerprint density at radius 1 is 1.21 bits per heavy atom. The fraction of sp³-hybridized carbons (Fsp3) is 0.529. The maximum absolute atomic E-state index is 12.1. The van der Waals surface area contributed by atoms with E-state index in [9.17, 15) is 13.2 Å². The zero-order valence-corrected chi connectivity index (χ0v) is 17.5. The summed E-state index contributed by atoms with van der Waals surface area (Å²) >= 11 is 0. The molecule has 28 heavy (non-hydrogen) atoms. The van der Waals surface area contributed by atoms with Crippen LogP contribution in [-0.2, 0) is 14.7 Å². The SMILES string of the molecule is CCN(CC)CC.Cc1ccc(NC(=O)N2CCN=C2NOS(=O)(=O)O)cc1. The largest absolute Gasteiger partial charge is 0.418 e. The van der Waals surface area contributed by atoms with E-state index in [2.05, 4.69) is 40.3 Å². The number of nitrogens with zero attached hydrogens (tertiary/aromatic N) is 3. The van der Waals surface area contributed by atoms with Gasteiger partial charge < -0.3 is 10.2 Å². The van der Waals surface area contributed by atoms with E-state index < -0.39 is 16.4 Å². The molecular weight excluding hydrogens is 386 g/mol. The van der Waals surface area contributed by atoms with Gasteiger partial charge in [-0.15, -0.1) is 4.28 Å². The molecule has 0 saturated heterocycles. The fourth-order valence-electron chi connectivity index (χ4n) is 2.32. The number of guanidine groups is 1. The maximum Gasteiger partial charge on any atom is 0.418 e. The Bertz CT molecular complexity index is 742. The van der Waals surface area contributed by atoms with Crippen molar-refractivity contribution in [1.29, 1.82) is 0 Å². The molecule has 158 valence electrons. The van der Waals surface area contributed by atoms with Gasteiger partial charge in [0, 0.05) is 5.69 Å². The minimum atomic E-state index is -4.67. The number of benzene rings is 1. The highest BCUT2D eigenvalue weighted by Gasteiger charge is 2.25. The molecule has 0 spiro atoms. The number of aryl methyl sites for hydroxylation is 1. The van der Waals surface area contributed by atoms with Crippen molar-refractivity contribution < 1.29 is 22.0 Å². The van der Waals surface area contributed by atoms with E-state index >= 15 is 0 Å². The number of anilines is 1. The molecule has 0 atom stereocenters. The molecule has 0 bridgehead atoms. The lowest BCUT2D eigenvalue weighted by atomic mass is 10.2. The molecule has 0 radical (unpaired) electrons. The van der Waals surface area contributed by atoms with Gasteiger partial charge in [-0.1, -0.05) is 38.5 Å². The van der Waals surface area contributed by atoms with Gasteiger partial charge in [0.1, 0.15) is 0 Å². The zero-order valence-electron chi connectivity index (χ0n) is 16.7. The number of nitrogens with one attached hydrogen (secondary N) is 2. The molecule has 2 amide bonds. The lowest BCUT2D eigenvalue weighted by Crippen LogP contribution is -2.45. The molecule has 3 N–H and O–H groups in total. The highest BCUT2D eigenvalue weighted by Crippen LogP contribution is 2.11. The van der Waals surface area contributed by atoms with Crippen molar-refractivity contribution in [3.8, 4) is 0 Å². The predicted molar refractivity (Wildman–Crippen MR) is 108 cm³/mol. The molecule has 11 heteroatoms. The van der Waals surface area contributed by atoms with Crippen LogP contribution < -0.4 is 10.8 Å². The Balaban J connectivity index is 0.000000480. The molecule has 0 fully saturated rings. The molecule has 0 saturated carbocycles. The Morgan fingerprint density at radius 3 is 2.25 bits per heavy atom. The molecule has 0 aromatic heterocycles. The smallest absolute Gasteiger partial charge is 0.307 e. The van der Waals surface area contributed by atoms with Gasteiger partial charge >= 0.3 is 16.4 Å². The number of hydroxylamine groups is 1. The first-order valence-corrected chi connectivity index (χ1v) is 10.4. The van der Waals surface area contributed by atoms with Crippen LogP contribution >= 0.6 is 0 Å². The molecule has 1 heterocycles. The molecule has 1 aromatic carbocycles. The zero-order chi connectivity index (χ0) is 21.2. The number of carbonyl (C=O) groups excluding carboxylic acids is 1. The van der Waals surface area contributed by atoms with Crippen LogP contribution in [0.2, 0.25) is 0 Å². The summed E-state index contributed by atoms with van der Waals surface area (Å²) in [6.45, 7) is 12.6. The van der Waals surface area contributed by atoms with Crippen LogP contribution in [0.5, 0.6) is 0 Å². The van der Waals surface area contributed by atoms with Crippen molar-refractivity contribution in [2.75, 3.05) is 38.0 Å². The van der Waals surface area contributed by atoms with Gasteiger partial charge in [-0.05, 0) is 38.7 Å². The molecular formula is C17H29N5O5S. The van der Waals surface area contributed by atoms with E-state index in [1.165, 1.54) is 19.6 Å². The van der Waals surface area contributed by atoms with Crippen LogP contribution in [0.3, 0.4) is 0 Å². The summed E-state index contributed by atoms with van der Waals surface area (Å²) in [6, 6.07) is 6.66. The summed E-state index contributed by atoms with van der Waals surface area (Å²) in [5, 5.41) is 2.64. The number of urea groups is 1. The van der Waals surface area contributed by atoms with Crippen LogP contribution in [0.25, 0.3) is 0 Å². The third kappa shape index (κ3) is 8.65. The van der Waals surface area contributed by atoms with E-state index in [0.717, 1.165) is 10.5 Å². The summed E-state index contributed by atoms with van der Waals surface area (Å²) in [5.74, 6) is -0.0998. The molecule has 0 aliphatic carbocycles. The summed E-state index contributed by atoms with van der Waals surface area (Å²) < 4.78 is 33.4. The second-order valence-electron chi connectivity index (χ2n) is 5.89. The van der Waals surface area contributed by atoms with Crippen molar-refractivity contribution in [3.05, 3.63) is 29.8 Å². The van der Waals surface area contributed by atoms with E-state index in [4.69, 9.17) is 4.55 Å². The molecule has 10 nitrogen and oxygen atoms in total. The minimum absolute atomic E-state index is 0.0998. The second kappa shape index (κ2) is 11.6. The number of hydrogen-bond acceptors (Lipinski definition) is 7. The fourth-order valence-corrected chi connectivity index (χ4v) is 2.50. The van der Waals surface area contributed by atoms with Gasteiger partial charge in [-0.25, -0.2) is 15.3 Å². The van der Waals surface area contributed by atoms with E-state index in [1.807, 2.05) is 24.5 Å². The van der Waals surface area contributed by atoms with Crippen LogP contribution in [0.1, 0.15) is 26.3 Å². The Labute approximate surface area is 166 Å². The monoisotopic (exact) mass is 415 g/mol. The van der Waals surface area contributed by atoms with Crippen molar-refractivity contribution >= 4 is 28.1 Å². The number of amides is 2. The van der Waals surface area contributed by atoms with Gasteiger partial charge in [0.2, 0.25) is 5.96 Å². The number of hydrogen-bond donors (Lipinski definition) is 3. The van der Waals surface area contributed by atoms with Crippen molar-refractivity contribution in [3.63, 3.8) is 0 Å². The molecule has 1 aliphatic rings. The highest BCUT2D eigenvalue weighted by molar-refractivity contribution is 7.80. The molecule has 1 aromatic rings. The average molecular weight is 416 g/mol. The van der Waals surface area contributed by atoms with Crippen LogP contribution in [0, 0.1) is 6.92 Å². The quantitative estimate of drug-likeness (QED) is 0.479. The van der Waals surface area contributed by atoms with Crippen molar-refractivity contribution in [2.24, 2.45) is 4.99 Å². The first-order valence-electron chi connectivity index (χ1n) is 9.04. The summed E-state index contributed by atoms with van der Waals surface area (Å²) in [7, 11) is -4.67. The number of carbonyl (C=O) groups is 1. The second-order valence-corrected chi connectivity index (χ2v) is 6.91. The van der Waals surface area contributed by atoms with Crippen LogP contribution in [-0.4, -0.2) is 67.5 Å². The molecule has 1 aliphatic heterocycles. The third-order valence-electron chi connectivity index (χ3n) is 3.97. The predicted octanol–water partition coefficient (Wildman–Crippen LogP) is 1.87. The standard InChI is InChI=1S/C11H14N4O5S.C6H15N/c1-8-2-4-9(5-3-8)13-11(16)15-7-6-12-10(15)14-20-21(17,18)19;1-4-7(5-2)6-3/h2-5H,6-7H2,1H3,(H,12,14)(H,13,16)(H,17,18,19);4-6H2,1-3H3. The van der Waals surface area contributed by atoms with E-state index in [0.29, 0.717) is 12.2 Å². The normalized spacial score (nSPS) is 13.6. The summed E-state index contributed by atoms with van der Waals surface area (Å²) in [6.07, 6.45) is 0. The van der Waals surface area contributed by atoms with Crippen LogP contribution in [0.15, 0.2) is 29.3 Å². The van der Waals surface area contributed by atoms with Crippen molar-refractivity contribution in [1.82, 2.24) is 15.3 Å². The van der Waals surface area contributed by atoms with Gasteiger partial charge in [-0.3, -0.25) is 9.45 Å². The van der Waals surface area contributed by atoms with Crippen molar-refractivity contribution in [2.45, 2.75) is 27.7 Å². The Morgan fingerprint density at radius 2 is 1.79 bits per heavy atom. The first kappa shape index (κ1) is 23.8. The Kier molecular flexibility index (Phi) is 9.87. The highest BCUT2D eigenvalue weighted by atomic mass is 32.3. The molecule has 0 unspecified atom stereocenters. The first-order chi connectivity index (χ1) is 13.2. The van der Waals surface area contributed by atoms with Gasteiger partial charge in [0.15, 0.2) is 0 Å². The van der Waals surface area contributed by atoms with Crippen LogP contribution in [0.4, 0.5) is 10.5 Å².